The molecule has 0 bridgehead atoms. The summed E-state index contributed by atoms with van der Waals surface area (Å²) in [7, 11) is 3.21. The van der Waals surface area contributed by atoms with Gasteiger partial charge in [-0.2, -0.15) is 0 Å². The third-order valence-corrected chi connectivity index (χ3v) is 5.00. The van der Waals surface area contributed by atoms with Gasteiger partial charge < -0.3 is 20.5 Å². The molecular weight excluding hydrogens is 352 g/mol. The number of amides is 1. The highest BCUT2D eigenvalue weighted by molar-refractivity contribution is 6.00. The summed E-state index contributed by atoms with van der Waals surface area (Å²) in [4.78, 5) is 13.2. The number of ether oxygens (including phenoxy) is 2. The van der Waals surface area contributed by atoms with Crippen LogP contribution in [0.25, 0.3) is 0 Å². The normalized spacial score (nSPS) is 15.0. The van der Waals surface area contributed by atoms with E-state index in [1.807, 2.05) is 24.3 Å². The molecular formula is C20H25ClN2O3. The topological polar surface area (TPSA) is 73.6 Å². The first-order chi connectivity index (χ1) is 12.1. The minimum absolute atomic E-state index is 0. The summed E-state index contributed by atoms with van der Waals surface area (Å²) in [6, 6.07) is 13.1. The van der Waals surface area contributed by atoms with Crippen molar-refractivity contribution in [2.45, 2.75) is 31.1 Å². The molecule has 1 aliphatic carbocycles. The molecule has 0 heterocycles. The lowest BCUT2D eigenvalue weighted by Gasteiger charge is -2.28. The predicted molar refractivity (Wildman–Crippen MR) is 106 cm³/mol. The maximum Gasteiger partial charge on any atom is 0.235 e. The Labute approximate surface area is 160 Å². The van der Waals surface area contributed by atoms with E-state index < -0.39 is 5.41 Å². The quantitative estimate of drug-likeness (QED) is 0.768. The van der Waals surface area contributed by atoms with Crippen molar-refractivity contribution in [3.8, 4) is 11.5 Å². The van der Waals surface area contributed by atoms with Crippen LogP contribution in [0.15, 0.2) is 42.5 Å². The van der Waals surface area contributed by atoms with Crippen LogP contribution in [0.4, 0.5) is 11.4 Å². The molecule has 0 atom stereocenters. The van der Waals surface area contributed by atoms with Crippen LogP contribution in [0.2, 0.25) is 0 Å². The largest absolute Gasteiger partial charge is 0.497 e. The van der Waals surface area contributed by atoms with Gasteiger partial charge in [-0.05, 0) is 48.7 Å². The zero-order valence-electron chi connectivity index (χ0n) is 15.1. The van der Waals surface area contributed by atoms with Crippen molar-refractivity contribution in [2.24, 2.45) is 0 Å². The van der Waals surface area contributed by atoms with E-state index in [9.17, 15) is 4.79 Å². The Morgan fingerprint density at radius 2 is 1.81 bits per heavy atom. The summed E-state index contributed by atoms with van der Waals surface area (Å²) in [6.45, 7) is 0. The fourth-order valence-corrected chi connectivity index (χ4v) is 3.61. The van der Waals surface area contributed by atoms with Crippen LogP contribution in [0.3, 0.4) is 0 Å². The Bertz CT molecular complexity index is 773. The van der Waals surface area contributed by atoms with Gasteiger partial charge in [0.1, 0.15) is 11.5 Å². The monoisotopic (exact) mass is 376 g/mol. The summed E-state index contributed by atoms with van der Waals surface area (Å²) in [5.74, 6) is 1.37. The first-order valence-corrected chi connectivity index (χ1v) is 8.48. The number of nitrogens with one attached hydrogen (secondary N) is 1. The van der Waals surface area contributed by atoms with Crippen LogP contribution in [-0.2, 0) is 10.2 Å². The first-order valence-electron chi connectivity index (χ1n) is 8.48. The summed E-state index contributed by atoms with van der Waals surface area (Å²) >= 11 is 0. The molecule has 1 amide bonds. The molecule has 0 aliphatic heterocycles. The molecule has 5 nitrogen and oxygen atoms in total. The minimum atomic E-state index is -0.525. The summed E-state index contributed by atoms with van der Waals surface area (Å²) in [5.41, 5.74) is 7.61. The third kappa shape index (κ3) is 3.73. The summed E-state index contributed by atoms with van der Waals surface area (Å²) < 4.78 is 10.5. The van der Waals surface area contributed by atoms with Crippen LogP contribution in [0.1, 0.15) is 31.2 Å². The molecule has 0 aromatic heterocycles. The second kappa shape index (κ2) is 8.32. The Balaban J connectivity index is 0.00000243. The number of halogens is 1. The molecule has 0 radical (unpaired) electrons. The van der Waals surface area contributed by atoms with E-state index in [0.29, 0.717) is 17.1 Å². The van der Waals surface area contributed by atoms with E-state index in [2.05, 4.69) is 5.32 Å². The van der Waals surface area contributed by atoms with Crippen molar-refractivity contribution < 1.29 is 14.3 Å². The van der Waals surface area contributed by atoms with E-state index in [4.69, 9.17) is 15.2 Å². The van der Waals surface area contributed by atoms with Crippen LogP contribution >= 0.6 is 12.4 Å². The van der Waals surface area contributed by atoms with E-state index in [-0.39, 0.29) is 18.3 Å². The lowest BCUT2D eigenvalue weighted by Crippen LogP contribution is -2.38. The number of nitrogens with two attached hydrogens (primary N) is 1. The Kier molecular flexibility index (Phi) is 6.37. The number of hydrogen-bond donors (Lipinski definition) is 2. The molecule has 0 unspecified atom stereocenters. The smallest absolute Gasteiger partial charge is 0.235 e. The van der Waals surface area contributed by atoms with Gasteiger partial charge in [0.15, 0.2) is 0 Å². The maximum absolute atomic E-state index is 13.2. The number of benzene rings is 2. The maximum atomic E-state index is 13.2. The van der Waals surface area contributed by atoms with Gasteiger partial charge in [-0.1, -0.05) is 25.0 Å². The molecule has 1 saturated carbocycles. The van der Waals surface area contributed by atoms with Crippen molar-refractivity contribution in [1.82, 2.24) is 0 Å². The number of rotatable bonds is 5. The molecule has 6 heteroatoms. The van der Waals surface area contributed by atoms with Gasteiger partial charge in [0.2, 0.25) is 5.91 Å². The van der Waals surface area contributed by atoms with Gasteiger partial charge in [-0.25, -0.2) is 0 Å². The highest BCUT2D eigenvalue weighted by atomic mass is 35.5. The fourth-order valence-electron chi connectivity index (χ4n) is 3.61. The van der Waals surface area contributed by atoms with E-state index >= 15 is 0 Å². The van der Waals surface area contributed by atoms with Crippen LogP contribution < -0.4 is 20.5 Å². The predicted octanol–water partition coefficient (Wildman–Crippen LogP) is 4.16. The lowest BCUT2D eigenvalue weighted by molar-refractivity contribution is -0.121. The van der Waals surface area contributed by atoms with Crippen LogP contribution in [-0.4, -0.2) is 20.1 Å². The molecule has 0 saturated heterocycles. The molecule has 140 valence electrons. The zero-order chi connectivity index (χ0) is 17.9. The number of nitrogen functional groups attached to an aromatic ring is 1. The number of hydrogen-bond acceptors (Lipinski definition) is 4. The van der Waals surface area contributed by atoms with E-state index in [1.54, 1.807) is 32.4 Å². The van der Waals surface area contributed by atoms with Crippen molar-refractivity contribution in [1.29, 1.82) is 0 Å². The molecule has 2 aromatic rings. The average Bonchev–Trinajstić information content (AvgIpc) is 3.13. The zero-order valence-corrected chi connectivity index (χ0v) is 15.9. The Morgan fingerprint density at radius 3 is 2.42 bits per heavy atom. The van der Waals surface area contributed by atoms with Gasteiger partial charge in [0.25, 0.3) is 0 Å². The molecule has 1 aliphatic rings. The SMILES string of the molecule is COc1cccc(C2(C(=O)Nc3ccc(OC)c(N)c3)CCCC2)c1.Cl. The molecule has 3 N–H and O–H groups in total. The number of carbonyl (C=O) groups is 1. The van der Waals surface area contributed by atoms with Crippen molar-refractivity contribution >= 4 is 29.7 Å². The molecule has 26 heavy (non-hydrogen) atoms. The second-order valence-electron chi connectivity index (χ2n) is 6.43. The number of methoxy groups -OCH3 is 2. The summed E-state index contributed by atoms with van der Waals surface area (Å²) in [6.07, 6.45) is 3.74. The Morgan fingerprint density at radius 1 is 1.08 bits per heavy atom. The van der Waals surface area contributed by atoms with Gasteiger partial charge in [0.05, 0.1) is 25.3 Å². The molecule has 2 aromatic carbocycles. The molecule has 1 fully saturated rings. The van der Waals surface area contributed by atoms with Gasteiger partial charge in [0, 0.05) is 5.69 Å². The minimum Gasteiger partial charge on any atom is -0.497 e. The highest BCUT2D eigenvalue weighted by Gasteiger charge is 2.42. The average molecular weight is 377 g/mol. The van der Waals surface area contributed by atoms with Crippen molar-refractivity contribution in [2.75, 3.05) is 25.3 Å². The standard InChI is InChI=1S/C20H24N2O3.ClH/c1-24-16-7-5-6-14(12-16)20(10-3-4-11-20)19(23)22-15-8-9-18(25-2)17(21)13-15;/h5-9,12-13H,3-4,10-11,21H2,1-2H3,(H,22,23);1H. The molecule has 0 spiro atoms. The van der Waals surface area contributed by atoms with Gasteiger partial charge in [-0.3, -0.25) is 4.79 Å². The van der Waals surface area contributed by atoms with E-state index in [1.165, 1.54) is 0 Å². The van der Waals surface area contributed by atoms with Gasteiger partial charge >= 0.3 is 0 Å². The second-order valence-corrected chi connectivity index (χ2v) is 6.43. The first kappa shape index (κ1) is 19.9. The summed E-state index contributed by atoms with van der Waals surface area (Å²) in [5, 5.41) is 3.04. The number of carbonyl (C=O) groups excluding carboxylic acids is 1. The van der Waals surface area contributed by atoms with Crippen molar-refractivity contribution in [3.63, 3.8) is 0 Å². The fraction of sp³-hybridized carbons (Fsp3) is 0.350. The van der Waals surface area contributed by atoms with E-state index in [0.717, 1.165) is 37.0 Å². The van der Waals surface area contributed by atoms with Crippen LogP contribution in [0, 0.1) is 0 Å². The van der Waals surface area contributed by atoms with Crippen molar-refractivity contribution in [3.05, 3.63) is 48.0 Å². The van der Waals surface area contributed by atoms with Gasteiger partial charge in [-0.15, -0.1) is 12.4 Å². The molecule has 3 rings (SSSR count). The highest BCUT2D eigenvalue weighted by Crippen LogP contribution is 2.43. The van der Waals surface area contributed by atoms with Crippen LogP contribution in [0.5, 0.6) is 11.5 Å². The lowest BCUT2D eigenvalue weighted by atomic mass is 9.78. The Hall–Kier alpha value is -2.40. The number of anilines is 2. The third-order valence-electron chi connectivity index (χ3n) is 5.00.